The molecule has 0 aliphatic rings. The van der Waals surface area contributed by atoms with Crippen LogP contribution in [0.4, 0.5) is 0 Å². The van der Waals surface area contributed by atoms with E-state index in [0.29, 0.717) is 18.2 Å². The quantitative estimate of drug-likeness (QED) is 0.719. The molecular weight excluding hydrogens is 326 g/mol. The molecule has 0 aliphatic heterocycles. The van der Waals surface area contributed by atoms with E-state index in [-0.39, 0.29) is 11.4 Å². The van der Waals surface area contributed by atoms with Crippen LogP contribution < -0.4 is 9.46 Å². The zero-order valence-electron chi connectivity index (χ0n) is 13.5. The molecular formula is C17H19N3O3S. The Hall–Kier alpha value is -2.38. The first-order valence-corrected chi connectivity index (χ1v) is 9.14. The minimum atomic E-state index is -3.62. The van der Waals surface area contributed by atoms with Crippen molar-refractivity contribution in [2.75, 3.05) is 6.61 Å². The third-order valence-corrected chi connectivity index (χ3v) is 5.02. The molecule has 0 saturated carbocycles. The summed E-state index contributed by atoms with van der Waals surface area (Å²) in [5.41, 5.74) is 2.47. The Bertz CT molecular complexity index is 931. The third kappa shape index (κ3) is 3.42. The lowest BCUT2D eigenvalue weighted by Gasteiger charge is -2.10. The number of sulfonamides is 1. The molecule has 7 heteroatoms. The minimum Gasteiger partial charge on any atom is -0.494 e. The highest BCUT2D eigenvalue weighted by atomic mass is 32.2. The Labute approximate surface area is 140 Å². The maximum Gasteiger partial charge on any atom is 0.240 e. The number of aromatic amines is 1. The highest BCUT2D eigenvalue weighted by molar-refractivity contribution is 7.89. The summed E-state index contributed by atoms with van der Waals surface area (Å²) in [5, 5.41) is 0. The summed E-state index contributed by atoms with van der Waals surface area (Å²) in [4.78, 5) is 7.67. The number of imidazole rings is 1. The topological polar surface area (TPSA) is 84.1 Å². The molecule has 126 valence electrons. The number of nitrogens with one attached hydrogen (secondary N) is 2. The number of H-pyrrole nitrogens is 1. The zero-order valence-corrected chi connectivity index (χ0v) is 14.4. The number of benzene rings is 2. The fourth-order valence-electron chi connectivity index (χ4n) is 2.44. The van der Waals surface area contributed by atoms with Crippen LogP contribution in [0.15, 0.2) is 47.4 Å². The smallest absolute Gasteiger partial charge is 0.240 e. The average Bonchev–Trinajstić information content (AvgIpc) is 2.98. The number of para-hydroxylation sites is 2. The van der Waals surface area contributed by atoms with Crippen LogP contribution in [0.3, 0.4) is 0 Å². The first-order valence-electron chi connectivity index (χ1n) is 7.66. The summed E-state index contributed by atoms with van der Waals surface area (Å²) in [6.45, 7) is 4.35. The standard InChI is InChI=1S/C17H19N3O3S/c1-3-23-16-9-8-13(10-12(16)2)24(21,22)18-11-17-19-14-6-4-5-7-15(14)20-17/h4-10,18H,3,11H2,1-2H3,(H,19,20). The lowest BCUT2D eigenvalue weighted by atomic mass is 10.2. The van der Waals surface area contributed by atoms with Gasteiger partial charge in [0.25, 0.3) is 0 Å². The van der Waals surface area contributed by atoms with Crippen molar-refractivity contribution in [3.63, 3.8) is 0 Å². The van der Waals surface area contributed by atoms with E-state index in [1.807, 2.05) is 38.1 Å². The summed E-state index contributed by atoms with van der Waals surface area (Å²) in [5.74, 6) is 1.26. The Balaban J connectivity index is 1.77. The Morgan fingerprint density at radius 3 is 2.71 bits per heavy atom. The maximum atomic E-state index is 12.4. The first-order chi connectivity index (χ1) is 11.5. The summed E-state index contributed by atoms with van der Waals surface area (Å²) in [6, 6.07) is 12.4. The first kappa shape index (κ1) is 16.5. The number of aryl methyl sites for hydroxylation is 1. The second kappa shape index (κ2) is 6.62. The number of rotatable bonds is 6. The molecule has 0 unspecified atom stereocenters. The SMILES string of the molecule is CCOc1ccc(S(=O)(=O)NCc2nc3ccccc3[nH]2)cc1C. The number of hydrogen-bond donors (Lipinski definition) is 2. The van der Waals surface area contributed by atoms with Crippen molar-refractivity contribution in [1.29, 1.82) is 0 Å². The van der Waals surface area contributed by atoms with Crippen LogP contribution in [0.25, 0.3) is 11.0 Å². The van der Waals surface area contributed by atoms with Crippen molar-refractivity contribution in [1.82, 2.24) is 14.7 Å². The van der Waals surface area contributed by atoms with Gasteiger partial charge in [-0.3, -0.25) is 0 Å². The van der Waals surface area contributed by atoms with Crippen LogP contribution in [-0.4, -0.2) is 25.0 Å². The molecule has 0 saturated heterocycles. The number of aromatic nitrogens is 2. The van der Waals surface area contributed by atoms with Crippen molar-refractivity contribution >= 4 is 21.1 Å². The van der Waals surface area contributed by atoms with Crippen molar-refractivity contribution < 1.29 is 13.2 Å². The fraction of sp³-hybridized carbons (Fsp3) is 0.235. The van der Waals surface area contributed by atoms with Crippen molar-refractivity contribution in [3.05, 3.63) is 53.9 Å². The molecule has 0 aliphatic carbocycles. The van der Waals surface area contributed by atoms with Crippen molar-refractivity contribution in [2.24, 2.45) is 0 Å². The van der Waals surface area contributed by atoms with Gasteiger partial charge in [-0.05, 0) is 49.7 Å². The van der Waals surface area contributed by atoms with Gasteiger partial charge in [0, 0.05) is 0 Å². The van der Waals surface area contributed by atoms with Crippen LogP contribution >= 0.6 is 0 Å². The number of ether oxygens (including phenoxy) is 1. The maximum absolute atomic E-state index is 12.4. The highest BCUT2D eigenvalue weighted by Gasteiger charge is 2.16. The molecule has 0 fully saturated rings. The van der Waals surface area contributed by atoms with E-state index in [1.165, 1.54) is 0 Å². The van der Waals surface area contributed by atoms with Gasteiger partial charge in [0.2, 0.25) is 10.0 Å². The Morgan fingerprint density at radius 2 is 2.00 bits per heavy atom. The molecule has 0 spiro atoms. The van der Waals surface area contributed by atoms with Gasteiger partial charge in [0.15, 0.2) is 0 Å². The van der Waals surface area contributed by atoms with Gasteiger partial charge >= 0.3 is 0 Å². The van der Waals surface area contributed by atoms with Crippen LogP contribution in [0.1, 0.15) is 18.3 Å². The minimum absolute atomic E-state index is 0.100. The van der Waals surface area contributed by atoms with Crippen LogP contribution in [0.2, 0.25) is 0 Å². The number of nitrogens with zero attached hydrogens (tertiary/aromatic N) is 1. The van der Waals surface area contributed by atoms with E-state index in [9.17, 15) is 8.42 Å². The summed E-state index contributed by atoms with van der Waals surface area (Å²) >= 11 is 0. The van der Waals surface area contributed by atoms with Gasteiger partial charge in [-0.2, -0.15) is 0 Å². The summed E-state index contributed by atoms with van der Waals surface area (Å²) < 4.78 is 32.9. The van der Waals surface area contributed by atoms with Crippen LogP contribution in [0, 0.1) is 6.92 Å². The Morgan fingerprint density at radius 1 is 1.21 bits per heavy atom. The van der Waals surface area contributed by atoms with E-state index < -0.39 is 10.0 Å². The molecule has 2 N–H and O–H groups in total. The molecule has 0 bridgehead atoms. The van der Waals surface area contributed by atoms with Gasteiger partial charge in [-0.1, -0.05) is 12.1 Å². The third-order valence-electron chi connectivity index (χ3n) is 3.62. The summed E-state index contributed by atoms with van der Waals surface area (Å²) in [6.07, 6.45) is 0. The average molecular weight is 345 g/mol. The molecule has 2 aromatic carbocycles. The molecule has 1 heterocycles. The van der Waals surface area contributed by atoms with Gasteiger partial charge in [0.1, 0.15) is 11.6 Å². The van der Waals surface area contributed by atoms with E-state index in [2.05, 4.69) is 14.7 Å². The van der Waals surface area contributed by atoms with E-state index in [1.54, 1.807) is 18.2 Å². The van der Waals surface area contributed by atoms with E-state index >= 15 is 0 Å². The van der Waals surface area contributed by atoms with E-state index in [0.717, 1.165) is 16.6 Å². The summed E-state index contributed by atoms with van der Waals surface area (Å²) in [7, 11) is -3.62. The van der Waals surface area contributed by atoms with Gasteiger partial charge in [-0.25, -0.2) is 18.1 Å². The molecule has 1 aromatic heterocycles. The molecule has 24 heavy (non-hydrogen) atoms. The van der Waals surface area contributed by atoms with Crippen molar-refractivity contribution in [3.8, 4) is 5.75 Å². The van der Waals surface area contributed by atoms with E-state index in [4.69, 9.17) is 4.74 Å². The molecule has 0 atom stereocenters. The van der Waals surface area contributed by atoms with Crippen LogP contribution in [0.5, 0.6) is 5.75 Å². The monoisotopic (exact) mass is 345 g/mol. The molecule has 0 amide bonds. The Kier molecular flexibility index (Phi) is 4.55. The molecule has 3 aromatic rings. The highest BCUT2D eigenvalue weighted by Crippen LogP contribution is 2.22. The number of hydrogen-bond acceptors (Lipinski definition) is 4. The van der Waals surface area contributed by atoms with Gasteiger partial charge < -0.3 is 9.72 Å². The number of fused-ring (bicyclic) bond motifs is 1. The molecule has 3 rings (SSSR count). The lowest BCUT2D eigenvalue weighted by molar-refractivity contribution is 0.337. The van der Waals surface area contributed by atoms with Gasteiger partial charge in [-0.15, -0.1) is 0 Å². The lowest BCUT2D eigenvalue weighted by Crippen LogP contribution is -2.24. The second-order valence-electron chi connectivity index (χ2n) is 5.39. The van der Waals surface area contributed by atoms with Crippen LogP contribution in [-0.2, 0) is 16.6 Å². The second-order valence-corrected chi connectivity index (χ2v) is 7.15. The predicted molar refractivity (Wildman–Crippen MR) is 92.5 cm³/mol. The fourth-order valence-corrected chi connectivity index (χ4v) is 3.52. The molecule has 6 nitrogen and oxygen atoms in total. The predicted octanol–water partition coefficient (Wildman–Crippen LogP) is 2.75. The van der Waals surface area contributed by atoms with Gasteiger partial charge in [0.05, 0.1) is 29.1 Å². The largest absolute Gasteiger partial charge is 0.494 e. The normalized spacial score (nSPS) is 11.8. The zero-order chi connectivity index (χ0) is 17.2. The molecule has 0 radical (unpaired) electrons. The van der Waals surface area contributed by atoms with Crippen molar-refractivity contribution in [2.45, 2.75) is 25.3 Å².